The Morgan fingerprint density at radius 1 is 1.64 bits per heavy atom. The summed E-state index contributed by atoms with van der Waals surface area (Å²) >= 11 is 0. The molecule has 4 heteroatoms. The Morgan fingerprint density at radius 3 is 3.00 bits per heavy atom. The minimum absolute atomic E-state index is 0.319. The number of aromatic amines is 1. The number of nitrogens with two attached hydrogens (primary N) is 1. The van der Waals surface area contributed by atoms with Gasteiger partial charge in [0.25, 0.3) is 0 Å². The average Bonchev–Trinajstić information content (AvgIpc) is 2.56. The van der Waals surface area contributed by atoms with Crippen LogP contribution in [0.3, 0.4) is 0 Å². The number of H-pyrrole nitrogens is 1. The van der Waals surface area contributed by atoms with Gasteiger partial charge in [-0.05, 0) is 32.1 Å². The van der Waals surface area contributed by atoms with Crippen LogP contribution in [0, 0.1) is 0 Å². The van der Waals surface area contributed by atoms with Gasteiger partial charge in [-0.1, -0.05) is 0 Å². The van der Waals surface area contributed by atoms with Crippen molar-refractivity contribution in [2.45, 2.75) is 19.1 Å². The Kier molecular flexibility index (Phi) is 4.65. The van der Waals surface area contributed by atoms with E-state index in [0.717, 1.165) is 12.2 Å². The highest BCUT2D eigenvalue weighted by atomic mass is 16.3. The quantitative estimate of drug-likeness (QED) is 0.608. The van der Waals surface area contributed by atoms with E-state index in [2.05, 4.69) is 9.88 Å². The summed E-state index contributed by atoms with van der Waals surface area (Å²) in [4.78, 5) is 5.20. The van der Waals surface area contributed by atoms with Gasteiger partial charge in [-0.15, -0.1) is 0 Å². The van der Waals surface area contributed by atoms with E-state index in [0.29, 0.717) is 19.5 Å². The maximum Gasteiger partial charge on any atom is 0.0679 e. The molecule has 1 unspecified atom stereocenters. The summed E-state index contributed by atoms with van der Waals surface area (Å²) in [6.07, 6.45) is 2.24. The van der Waals surface area contributed by atoms with Gasteiger partial charge in [0, 0.05) is 25.0 Å². The number of aliphatic hydroxyl groups excluding tert-OH is 1. The van der Waals surface area contributed by atoms with Crippen molar-refractivity contribution in [2.24, 2.45) is 5.73 Å². The van der Waals surface area contributed by atoms with E-state index in [-0.39, 0.29) is 6.10 Å². The lowest BCUT2D eigenvalue weighted by Gasteiger charge is -2.19. The second kappa shape index (κ2) is 5.80. The molecule has 80 valence electrons. The molecule has 4 nitrogen and oxygen atoms in total. The highest BCUT2D eigenvalue weighted by molar-refractivity contribution is 5.03. The standard InChI is InChI=1S/C10H19N3O/c1-13(8-10(14)4-5-11)7-9-3-2-6-12-9/h2-3,6,10,12,14H,4-5,7-8,11H2,1H3. The van der Waals surface area contributed by atoms with Gasteiger partial charge >= 0.3 is 0 Å². The molecule has 1 aromatic rings. The van der Waals surface area contributed by atoms with Crippen molar-refractivity contribution < 1.29 is 5.11 Å². The molecule has 0 aliphatic heterocycles. The zero-order chi connectivity index (χ0) is 10.4. The Labute approximate surface area is 84.7 Å². The van der Waals surface area contributed by atoms with E-state index in [1.807, 2.05) is 25.4 Å². The third-order valence-electron chi connectivity index (χ3n) is 2.12. The fourth-order valence-corrected chi connectivity index (χ4v) is 1.46. The van der Waals surface area contributed by atoms with E-state index in [4.69, 9.17) is 5.73 Å². The predicted octanol–water partition coefficient (Wildman–Crippen LogP) is 0.156. The molecule has 0 spiro atoms. The Hall–Kier alpha value is -0.840. The number of likely N-dealkylation sites (N-methyl/N-ethyl adjacent to an activating group) is 1. The number of nitrogens with one attached hydrogen (secondary N) is 1. The average molecular weight is 197 g/mol. The summed E-state index contributed by atoms with van der Waals surface area (Å²) in [5, 5.41) is 9.52. The van der Waals surface area contributed by atoms with Crippen LogP contribution in [0.1, 0.15) is 12.1 Å². The van der Waals surface area contributed by atoms with E-state index in [1.54, 1.807) is 0 Å². The fraction of sp³-hybridized carbons (Fsp3) is 0.600. The largest absolute Gasteiger partial charge is 0.392 e. The van der Waals surface area contributed by atoms with E-state index in [1.165, 1.54) is 0 Å². The highest BCUT2D eigenvalue weighted by Gasteiger charge is 2.07. The third kappa shape index (κ3) is 3.91. The molecule has 0 aromatic carbocycles. The van der Waals surface area contributed by atoms with Gasteiger partial charge in [0.1, 0.15) is 0 Å². The molecule has 4 N–H and O–H groups in total. The summed E-state index contributed by atoms with van der Waals surface area (Å²) < 4.78 is 0. The first-order valence-corrected chi connectivity index (χ1v) is 4.91. The predicted molar refractivity (Wildman–Crippen MR) is 56.8 cm³/mol. The Morgan fingerprint density at radius 2 is 2.43 bits per heavy atom. The smallest absolute Gasteiger partial charge is 0.0679 e. The molecule has 0 saturated carbocycles. The second-order valence-electron chi connectivity index (χ2n) is 3.62. The maximum absolute atomic E-state index is 9.52. The van der Waals surface area contributed by atoms with Gasteiger partial charge in [0.05, 0.1) is 6.10 Å². The lowest BCUT2D eigenvalue weighted by atomic mass is 10.2. The van der Waals surface area contributed by atoms with Crippen molar-refractivity contribution in [3.8, 4) is 0 Å². The topological polar surface area (TPSA) is 65.3 Å². The molecule has 0 fully saturated rings. The van der Waals surface area contributed by atoms with Crippen LogP contribution in [0.2, 0.25) is 0 Å². The Balaban J connectivity index is 2.25. The maximum atomic E-state index is 9.52. The number of aromatic nitrogens is 1. The number of nitrogens with zero attached hydrogens (tertiary/aromatic N) is 1. The molecule has 0 bridgehead atoms. The van der Waals surface area contributed by atoms with Crippen molar-refractivity contribution in [1.29, 1.82) is 0 Å². The lowest BCUT2D eigenvalue weighted by Crippen LogP contribution is -2.30. The minimum atomic E-state index is -0.319. The number of rotatable bonds is 6. The van der Waals surface area contributed by atoms with Gasteiger partial charge in [0.15, 0.2) is 0 Å². The lowest BCUT2D eigenvalue weighted by molar-refractivity contribution is 0.116. The number of hydrogen-bond acceptors (Lipinski definition) is 3. The van der Waals surface area contributed by atoms with Gasteiger partial charge in [0.2, 0.25) is 0 Å². The molecule has 0 saturated heterocycles. The van der Waals surface area contributed by atoms with Crippen molar-refractivity contribution in [1.82, 2.24) is 9.88 Å². The van der Waals surface area contributed by atoms with E-state index >= 15 is 0 Å². The molecular weight excluding hydrogens is 178 g/mol. The zero-order valence-corrected chi connectivity index (χ0v) is 8.61. The Bertz CT molecular complexity index is 236. The normalized spacial score (nSPS) is 13.4. The van der Waals surface area contributed by atoms with Crippen LogP contribution in [-0.2, 0) is 6.54 Å². The number of hydrogen-bond donors (Lipinski definition) is 3. The second-order valence-corrected chi connectivity index (χ2v) is 3.62. The number of aliphatic hydroxyl groups is 1. The van der Waals surface area contributed by atoms with Gasteiger partial charge in [-0.3, -0.25) is 4.90 Å². The van der Waals surface area contributed by atoms with Gasteiger partial charge < -0.3 is 15.8 Å². The zero-order valence-electron chi connectivity index (χ0n) is 8.61. The minimum Gasteiger partial charge on any atom is -0.392 e. The molecule has 14 heavy (non-hydrogen) atoms. The van der Waals surface area contributed by atoms with Crippen LogP contribution in [0.4, 0.5) is 0 Å². The molecule has 1 heterocycles. The summed E-state index contributed by atoms with van der Waals surface area (Å²) in [5.74, 6) is 0. The molecule has 0 radical (unpaired) electrons. The van der Waals surface area contributed by atoms with E-state index < -0.39 is 0 Å². The monoisotopic (exact) mass is 197 g/mol. The van der Waals surface area contributed by atoms with Crippen LogP contribution in [0.5, 0.6) is 0 Å². The van der Waals surface area contributed by atoms with E-state index in [9.17, 15) is 5.11 Å². The van der Waals surface area contributed by atoms with Crippen molar-refractivity contribution in [2.75, 3.05) is 20.1 Å². The first-order chi connectivity index (χ1) is 6.72. The molecule has 1 atom stereocenters. The van der Waals surface area contributed by atoms with Gasteiger partial charge in [-0.2, -0.15) is 0 Å². The van der Waals surface area contributed by atoms with Crippen LogP contribution in [0.25, 0.3) is 0 Å². The summed E-state index contributed by atoms with van der Waals surface area (Å²) in [5.41, 5.74) is 6.52. The van der Waals surface area contributed by atoms with Crippen molar-refractivity contribution >= 4 is 0 Å². The van der Waals surface area contributed by atoms with Crippen LogP contribution >= 0.6 is 0 Å². The first kappa shape index (κ1) is 11.2. The van der Waals surface area contributed by atoms with Crippen molar-refractivity contribution in [3.05, 3.63) is 24.0 Å². The highest BCUT2D eigenvalue weighted by Crippen LogP contribution is 2.01. The van der Waals surface area contributed by atoms with Crippen LogP contribution in [0.15, 0.2) is 18.3 Å². The molecule has 1 aromatic heterocycles. The molecule has 1 rings (SSSR count). The van der Waals surface area contributed by atoms with Crippen LogP contribution < -0.4 is 5.73 Å². The molecule has 0 aliphatic rings. The molecule has 0 aliphatic carbocycles. The van der Waals surface area contributed by atoms with Gasteiger partial charge in [-0.25, -0.2) is 0 Å². The SMILES string of the molecule is CN(Cc1ccc[nH]1)CC(O)CCN. The van der Waals surface area contributed by atoms with Crippen LogP contribution in [-0.4, -0.2) is 41.2 Å². The third-order valence-corrected chi connectivity index (χ3v) is 2.12. The molecule has 0 amide bonds. The van der Waals surface area contributed by atoms with Crippen molar-refractivity contribution in [3.63, 3.8) is 0 Å². The molecular formula is C10H19N3O. The summed E-state index contributed by atoms with van der Waals surface area (Å²) in [6, 6.07) is 4.01. The first-order valence-electron chi connectivity index (χ1n) is 4.91. The summed E-state index contributed by atoms with van der Waals surface area (Å²) in [7, 11) is 1.99. The fourth-order valence-electron chi connectivity index (χ4n) is 1.46. The summed E-state index contributed by atoms with van der Waals surface area (Å²) in [6.45, 7) is 2.03.